The van der Waals surface area contributed by atoms with Gasteiger partial charge in [0.1, 0.15) is 0 Å². The molecule has 202 valence electrons. The van der Waals surface area contributed by atoms with E-state index in [2.05, 4.69) is 72.5 Å². The molecule has 3 aromatic carbocycles. The second-order valence-corrected chi connectivity index (χ2v) is 10.9. The van der Waals surface area contributed by atoms with E-state index in [1.54, 1.807) is 0 Å². The highest BCUT2D eigenvalue weighted by Crippen LogP contribution is 2.42. The number of likely N-dealkylation sites (tertiary alicyclic amines) is 1. The number of nitrogens with two attached hydrogens (primary N) is 1. The molecule has 0 aliphatic carbocycles. The fourth-order valence-corrected chi connectivity index (χ4v) is 5.82. The van der Waals surface area contributed by atoms with Crippen LogP contribution in [0.25, 0.3) is 11.1 Å². The lowest BCUT2D eigenvalue weighted by Crippen LogP contribution is -2.45. The van der Waals surface area contributed by atoms with E-state index in [1.165, 1.54) is 32.1 Å². The fraction of sp³-hybridized carbons (Fsp3) is 0.455. The first-order valence-electron chi connectivity index (χ1n) is 14.3. The normalized spacial score (nSPS) is 25.0. The Balaban J connectivity index is 1.43. The Kier molecular flexibility index (Phi) is 9.26. The molecule has 2 saturated heterocycles. The Morgan fingerprint density at radius 3 is 2.18 bits per heavy atom. The number of rotatable bonds is 7. The highest BCUT2D eigenvalue weighted by atomic mass is 16.7. The van der Waals surface area contributed by atoms with Crippen LogP contribution in [0, 0.1) is 5.92 Å². The number of nitrogens with zero attached hydrogens (tertiary/aromatic N) is 1. The lowest BCUT2D eigenvalue weighted by atomic mass is 9.89. The second kappa shape index (κ2) is 13.0. The van der Waals surface area contributed by atoms with Crippen LogP contribution in [0.1, 0.15) is 73.7 Å². The molecule has 5 rings (SSSR count). The predicted molar refractivity (Wildman–Crippen MR) is 152 cm³/mol. The zero-order valence-corrected chi connectivity index (χ0v) is 22.6. The molecule has 0 amide bonds. The van der Waals surface area contributed by atoms with E-state index in [4.69, 9.17) is 15.2 Å². The van der Waals surface area contributed by atoms with Crippen molar-refractivity contribution in [3.63, 3.8) is 0 Å². The maximum absolute atomic E-state index is 9.54. The third-order valence-electron chi connectivity index (χ3n) is 8.17. The third-order valence-corrected chi connectivity index (χ3v) is 8.17. The molecule has 2 fully saturated rings. The summed E-state index contributed by atoms with van der Waals surface area (Å²) in [5, 5.41) is 9.54. The van der Waals surface area contributed by atoms with Gasteiger partial charge in [0.25, 0.3) is 0 Å². The van der Waals surface area contributed by atoms with Gasteiger partial charge in [0.2, 0.25) is 0 Å². The minimum atomic E-state index is -0.453. The van der Waals surface area contributed by atoms with E-state index in [0.29, 0.717) is 6.54 Å². The van der Waals surface area contributed by atoms with Crippen molar-refractivity contribution in [1.29, 1.82) is 0 Å². The van der Waals surface area contributed by atoms with E-state index in [9.17, 15) is 5.11 Å². The molecule has 0 unspecified atom stereocenters. The average Bonchev–Trinajstić information content (AvgIpc) is 2.95. The maximum Gasteiger partial charge on any atom is 0.184 e. The first-order valence-corrected chi connectivity index (χ1v) is 14.3. The van der Waals surface area contributed by atoms with Gasteiger partial charge in [-0.15, -0.1) is 0 Å². The zero-order chi connectivity index (χ0) is 26.3. The van der Waals surface area contributed by atoms with Crippen LogP contribution in [0.15, 0.2) is 72.8 Å². The molecule has 2 aliphatic heterocycles. The Labute approximate surface area is 227 Å². The Morgan fingerprint density at radius 1 is 0.789 bits per heavy atom. The van der Waals surface area contributed by atoms with E-state index in [0.717, 1.165) is 53.0 Å². The summed E-state index contributed by atoms with van der Waals surface area (Å²) in [4.78, 5) is 2.60. The zero-order valence-electron chi connectivity index (χ0n) is 22.6. The standard InChI is InChI=1S/C33H42N2O3/c1-24-31(22-35-17-5-3-2-4-6-18-35)37-33(38-32(24)27-15-13-25(23-36)14-16-27)30-12-8-11-29(20-30)28-10-7-9-26(19-28)21-34/h7-16,19-20,24,31-33,36H,2-6,17-18,21-23,34H2,1H3/t24-,31+,32+,33+/m0/s1. The monoisotopic (exact) mass is 514 g/mol. The lowest BCUT2D eigenvalue weighted by Gasteiger charge is -2.43. The SMILES string of the molecule is C[C@H]1[C@@H](CN2CCCCCCC2)O[C@@H](c2cccc(-c3cccc(CN)c3)c2)O[C@H]1c1ccc(CO)cc1. The van der Waals surface area contributed by atoms with E-state index >= 15 is 0 Å². The van der Waals surface area contributed by atoms with Crippen LogP contribution < -0.4 is 5.73 Å². The molecule has 38 heavy (non-hydrogen) atoms. The molecule has 0 bridgehead atoms. The van der Waals surface area contributed by atoms with Gasteiger partial charge in [-0.2, -0.15) is 0 Å². The summed E-state index contributed by atoms with van der Waals surface area (Å²) in [5.41, 5.74) is 12.4. The van der Waals surface area contributed by atoms with Crippen molar-refractivity contribution in [2.24, 2.45) is 11.7 Å². The lowest BCUT2D eigenvalue weighted by molar-refractivity contribution is -0.276. The van der Waals surface area contributed by atoms with Gasteiger partial charge in [0, 0.05) is 24.6 Å². The largest absolute Gasteiger partial charge is 0.392 e. The fourth-order valence-electron chi connectivity index (χ4n) is 5.82. The average molecular weight is 515 g/mol. The van der Waals surface area contributed by atoms with Gasteiger partial charge in [-0.25, -0.2) is 0 Å². The molecule has 4 atom stereocenters. The summed E-state index contributed by atoms with van der Waals surface area (Å²) >= 11 is 0. The van der Waals surface area contributed by atoms with Crippen LogP contribution in [0.2, 0.25) is 0 Å². The van der Waals surface area contributed by atoms with Gasteiger partial charge in [-0.3, -0.25) is 0 Å². The molecule has 2 aliphatic rings. The number of hydrogen-bond acceptors (Lipinski definition) is 5. The number of hydrogen-bond donors (Lipinski definition) is 2. The summed E-state index contributed by atoms with van der Waals surface area (Å²) in [6.45, 7) is 6.02. The van der Waals surface area contributed by atoms with Crippen molar-refractivity contribution in [2.75, 3.05) is 19.6 Å². The van der Waals surface area contributed by atoms with Crippen molar-refractivity contribution in [3.05, 3.63) is 95.1 Å². The summed E-state index contributed by atoms with van der Waals surface area (Å²) in [5.74, 6) is 0.195. The van der Waals surface area contributed by atoms with Crippen LogP contribution in [0.5, 0.6) is 0 Å². The van der Waals surface area contributed by atoms with Crippen molar-refractivity contribution < 1.29 is 14.6 Å². The maximum atomic E-state index is 9.54. The third kappa shape index (κ3) is 6.53. The van der Waals surface area contributed by atoms with Gasteiger partial charge < -0.3 is 25.2 Å². The van der Waals surface area contributed by atoms with Gasteiger partial charge in [0.15, 0.2) is 6.29 Å². The number of ether oxygens (including phenoxy) is 2. The number of aliphatic hydroxyl groups excluding tert-OH is 1. The number of benzene rings is 3. The van der Waals surface area contributed by atoms with Gasteiger partial charge >= 0.3 is 0 Å². The molecule has 0 spiro atoms. The molecule has 5 heteroatoms. The first kappa shape index (κ1) is 27.0. The summed E-state index contributed by atoms with van der Waals surface area (Å²) < 4.78 is 13.5. The van der Waals surface area contributed by atoms with Crippen LogP contribution in [-0.2, 0) is 22.6 Å². The Morgan fingerprint density at radius 2 is 1.47 bits per heavy atom. The molecule has 3 aromatic rings. The highest BCUT2D eigenvalue weighted by Gasteiger charge is 2.39. The van der Waals surface area contributed by atoms with Crippen LogP contribution in [0.4, 0.5) is 0 Å². The summed E-state index contributed by atoms with van der Waals surface area (Å²) in [6, 6.07) is 25.1. The van der Waals surface area contributed by atoms with E-state index in [-0.39, 0.29) is 24.7 Å². The summed E-state index contributed by atoms with van der Waals surface area (Å²) in [6.07, 6.45) is 6.03. The molecular weight excluding hydrogens is 472 g/mol. The molecule has 0 aromatic heterocycles. The molecule has 3 N–H and O–H groups in total. The topological polar surface area (TPSA) is 68.0 Å². The van der Waals surface area contributed by atoms with Gasteiger partial charge in [0.05, 0.1) is 18.8 Å². The Hall–Kier alpha value is -2.54. The highest BCUT2D eigenvalue weighted by molar-refractivity contribution is 5.65. The minimum absolute atomic E-state index is 0.0445. The second-order valence-electron chi connectivity index (χ2n) is 10.9. The molecule has 0 saturated carbocycles. The van der Waals surface area contributed by atoms with Gasteiger partial charge in [-0.05, 0) is 65.9 Å². The van der Waals surface area contributed by atoms with Crippen molar-refractivity contribution in [3.8, 4) is 11.1 Å². The molecule has 0 radical (unpaired) electrons. The van der Waals surface area contributed by atoms with Gasteiger partial charge in [-0.1, -0.05) is 86.8 Å². The van der Waals surface area contributed by atoms with Crippen LogP contribution >= 0.6 is 0 Å². The summed E-state index contributed by atoms with van der Waals surface area (Å²) in [7, 11) is 0. The molecule has 2 heterocycles. The van der Waals surface area contributed by atoms with Crippen molar-refractivity contribution >= 4 is 0 Å². The van der Waals surface area contributed by atoms with Crippen LogP contribution in [0.3, 0.4) is 0 Å². The Bertz CT molecular complexity index is 1160. The first-order chi connectivity index (χ1) is 18.6. The minimum Gasteiger partial charge on any atom is -0.392 e. The number of aliphatic hydroxyl groups is 1. The van der Waals surface area contributed by atoms with Crippen LogP contribution in [-0.4, -0.2) is 35.7 Å². The van der Waals surface area contributed by atoms with E-state index in [1.807, 2.05) is 12.1 Å². The smallest absolute Gasteiger partial charge is 0.184 e. The predicted octanol–water partition coefficient (Wildman–Crippen LogP) is 6.36. The van der Waals surface area contributed by atoms with Crippen molar-refractivity contribution in [2.45, 2.75) is 70.7 Å². The quantitative estimate of drug-likeness (QED) is 0.384. The van der Waals surface area contributed by atoms with E-state index < -0.39 is 6.29 Å². The molecular formula is C33H42N2O3. The molecule has 5 nitrogen and oxygen atoms in total. The van der Waals surface area contributed by atoms with Crippen molar-refractivity contribution in [1.82, 2.24) is 4.90 Å².